The monoisotopic (exact) mass is 338 g/mol. The summed E-state index contributed by atoms with van der Waals surface area (Å²) < 4.78 is 10.8. The molecule has 2 fully saturated rings. The largest absolute Gasteiger partial charge is 0.379 e. The van der Waals surface area contributed by atoms with E-state index < -0.39 is 0 Å². The predicted molar refractivity (Wildman–Crippen MR) is 89.7 cm³/mol. The van der Waals surface area contributed by atoms with Crippen molar-refractivity contribution in [1.29, 1.82) is 0 Å². The van der Waals surface area contributed by atoms with Gasteiger partial charge in [-0.05, 0) is 31.0 Å². The Morgan fingerprint density at radius 1 is 1.35 bits per heavy atom. The highest BCUT2D eigenvalue weighted by Gasteiger charge is 2.30. The first-order valence-electron chi connectivity index (χ1n) is 8.14. The van der Waals surface area contributed by atoms with E-state index >= 15 is 0 Å². The van der Waals surface area contributed by atoms with Gasteiger partial charge in [0.15, 0.2) is 0 Å². The number of nitrogens with one attached hydrogen (secondary N) is 1. The lowest BCUT2D eigenvalue weighted by molar-refractivity contribution is -0.121. The summed E-state index contributed by atoms with van der Waals surface area (Å²) in [7, 11) is 0. The minimum atomic E-state index is -0.0817. The van der Waals surface area contributed by atoms with Crippen LogP contribution in [0.4, 0.5) is 5.69 Å². The lowest BCUT2D eigenvalue weighted by Crippen LogP contribution is -2.35. The predicted octanol–water partition coefficient (Wildman–Crippen LogP) is 2.54. The Morgan fingerprint density at radius 3 is 2.78 bits per heavy atom. The van der Waals surface area contributed by atoms with Crippen LogP contribution < -0.4 is 5.32 Å². The molecule has 1 aromatic carbocycles. The highest BCUT2D eigenvalue weighted by molar-refractivity contribution is 6.31. The Bertz CT molecular complexity index is 561. The summed E-state index contributed by atoms with van der Waals surface area (Å²) >= 11 is 6.39. The second-order valence-corrected chi connectivity index (χ2v) is 6.56. The van der Waals surface area contributed by atoms with Crippen LogP contribution in [0, 0.1) is 5.92 Å². The molecule has 1 N–H and O–H groups in total. The SMILES string of the molecule is C[C@H]1OCC[C@H]1C(=O)Nc1ccc(CN2CCOCC2)c(Cl)c1. The summed E-state index contributed by atoms with van der Waals surface area (Å²) in [6, 6.07) is 5.73. The molecule has 1 amide bonds. The maximum Gasteiger partial charge on any atom is 0.230 e. The molecule has 5 nitrogen and oxygen atoms in total. The molecule has 0 radical (unpaired) electrons. The Hall–Kier alpha value is -1.14. The van der Waals surface area contributed by atoms with Crippen LogP contribution in [0.15, 0.2) is 18.2 Å². The molecule has 0 aliphatic carbocycles. The van der Waals surface area contributed by atoms with Gasteiger partial charge in [0, 0.05) is 37.0 Å². The quantitative estimate of drug-likeness (QED) is 0.916. The number of benzene rings is 1. The zero-order chi connectivity index (χ0) is 16.2. The van der Waals surface area contributed by atoms with Crippen molar-refractivity contribution in [2.45, 2.75) is 26.0 Å². The number of hydrogen-bond acceptors (Lipinski definition) is 4. The van der Waals surface area contributed by atoms with Crippen molar-refractivity contribution in [2.24, 2.45) is 5.92 Å². The number of carbonyl (C=O) groups excluding carboxylic acids is 1. The van der Waals surface area contributed by atoms with Gasteiger partial charge in [0.1, 0.15) is 0 Å². The van der Waals surface area contributed by atoms with Gasteiger partial charge in [0.2, 0.25) is 5.91 Å². The number of carbonyl (C=O) groups is 1. The lowest BCUT2D eigenvalue weighted by atomic mass is 10.0. The molecule has 126 valence electrons. The van der Waals surface area contributed by atoms with E-state index in [0.717, 1.165) is 50.5 Å². The number of nitrogens with zero attached hydrogens (tertiary/aromatic N) is 1. The molecular weight excluding hydrogens is 316 g/mol. The van der Waals surface area contributed by atoms with Crippen LogP contribution in [-0.4, -0.2) is 49.8 Å². The number of amides is 1. The van der Waals surface area contributed by atoms with E-state index in [1.54, 1.807) is 0 Å². The Balaban J connectivity index is 1.61. The highest BCUT2D eigenvalue weighted by atomic mass is 35.5. The summed E-state index contributed by atoms with van der Waals surface area (Å²) in [6.45, 7) is 6.79. The number of rotatable bonds is 4. The smallest absolute Gasteiger partial charge is 0.230 e. The van der Waals surface area contributed by atoms with Gasteiger partial charge >= 0.3 is 0 Å². The average molecular weight is 339 g/mol. The number of ether oxygens (including phenoxy) is 2. The topological polar surface area (TPSA) is 50.8 Å². The third kappa shape index (κ3) is 4.23. The number of hydrogen-bond donors (Lipinski definition) is 1. The molecule has 2 saturated heterocycles. The van der Waals surface area contributed by atoms with Crippen molar-refractivity contribution in [3.8, 4) is 0 Å². The highest BCUT2D eigenvalue weighted by Crippen LogP contribution is 2.25. The molecule has 0 saturated carbocycles. The maximum atomic E-state index is 12.3. The number of morpholine rings is 1. The Kier molecular flexibility index (Phi) is 5.54. The van der Waals surface area contributed by atoms with E-state index in [4.69, 9.17) is 21.1 Å². The molecule has 1 aromatic rings. The Labute approximate surface area is 141 Å². The fraction of sp³-hybridized carbons (Fsp3) is 0.588. The molecule has 0 spiro atoms. The standard InChI is InChI=1S/C17H23ClN2O3/c1-12-15(4-7-23-12)17(21)19-14-3-2-13(16(18)10-14)11-20-5-8-22-9-6-20/h2-3,10,12,15H,4-9,11H2,1H3,(H,19,21)/t12-,15-/m1/s1. The van der Waals surface area contributed by atoms with E-state index in [1.807, 2.05) is 25.1 Å². The van der Waals surface area contributed by atoms with Crippen molar-refractivity contribution in [3.63, 3.8) is 0 Å². The zero-order valence-electron chi connectivity index (χ0n) is 13.4. The van der Waals surface area contributed by atoms with E-state index in [9.17, 15) is 4.79 Å². The van der Waals surface area contributed by atoms with E-state index in [-0.39, 0.29) is 17.9 Å². The third-order valence-electron chi connectivity index (χ3n) is 4.53. The van der Waals surface area contributed by atoms with Crippen LogP contribution >= 0.6 is 11.6 Å². The van der Waals surface area contributed by atoms with Gasteiger partial charge < -0.3 is 14.8 Å². The molecule has 23 heavy (non-hydrogen) atoms. The maximum absolute atomic E-state index is 12.3. The van der Waals surface area contributed by atoms with Crippen LogP contribution in [-0.2, 0) is 20.8 Å². The molecule has 0 aromatic heterocycles. The lowest BCUT2D eigenvalue weighted by Gasteiger charge is -2.27. The van der Waals surface area contributed by atoms with Gasteiger partial charge in [0.25, 0.3) is 0 Å². The molecule has 3 rings (SSSR count). The average Bonchev–Trinajstić information content (AvgIpc) is 2.97. The van der Waals surface area contributed by atoms with Crippen LogP contribution in [0.3, 0.4) is 0 Å². The van der Waals surface area contributed by atoms with Crippen molar-refractivity contribution >= 4 is 23.2 Å². The minimum Gasteiger partial charge on any atom is -0.379 e. The fourth-order valence-corrected chi connectivity index (χ4v) is 3.30. The molecule has 6 heteroatoms. The van der Waals surface area contributed by atoms with Gasteiger partial charge in [-0.15, -0.1) is 0 Å². The van der Waals surface area contributed by atoms with Gasteiger partial charge in [0.05, 0.1) is 25.2 Å². The number of anilines is 1. The molecule has 2 aliphatic rings. The van der Waals surface area contributed by atoms with E-state index in [0.29, 0.717) is 11.6 Å². The summed E-state index contributed by atoms with van der Waals surface area (Å²) in [5.74, 6) is -0.0752. The summed E-state index contributed by atoms with van der Waals surface area (Å²) in [4.78, 5) is 14.6. The van der Waals surface area contributed by atoms with E-state index in [1.165, 1.54) is 0 Å². The second-order valence-electron chi connectivity index (χ2n) is 6.16. The van der Waals surface area contributed by atoms with Crippen LogP contribution in [0.5, 0.6) is 0 Å². The van der Waals surface area contributed by atoms with Crippen LogP contribution in [0.2, 0.25) is 5.02 Å². The first-order valence-corrected chi connectivity index (χ1v) is 8.52. The minimum absolute atomic E-state index is 0.00648. The normalized spacial score (nSPS) is 25.5. The molecule has 2 atom stereocenters. The van der Waals surface area contributed by atoms with Crippen molar-refractivity contribution < 1.29 is 14.3 Å². The first-order chi connectivity index (χ1) is 11.1. The Morgan fingerprint density at radius 2 is 2.13 bits per heavy atom. The summed E-state index contributed by atoms with van der Waals surface area (Å²) in [6.07, 6.45) is 0.751. The van der Waals surface area contributed by atoms with Gasteiger partial charge in [-0.2, -0.15) is 0 Å². The fourth-order valence-electron chi connectivity index (χ4n) is 3.06. The van der Waals surface area contributed by atoms with Crippen molar-refractivity contribution in [2.75, 3.05) is 38.2 Å². The first kappa shape index (κ1) is 16.7. The van der Waals surface area contributed by atoms with Crippen LogP contribution in [0.1, 0.15) is 18.9 Å². The van der Waals surface area contributed by atoms with E-state index in [2.05, 4.69) is 10.2 Å². The van der Waals surface area contributed by atoms with Crippen molar-refractivity contribution in [1.82, 2.24) is 4.90 Å². The van der Waals surface area contributed by atoms with Gasteiger partial charge in [-0.1, -0.05) is 17.7 Å². The number of halogens is 1. The summed E-state index contributed by atoms with van der Waals surface area (Å²) in [5.41, 5.74) is 1.81. The second kappa shape index (κ2) is 7.62. The third-order valence-corrected chi connectivity index (χ3v) is 4.88. The molecule has 2 heterocycles. The van der Waals surface area contributed by atoms with Gasteiger partial charge in [-0.3, -0.25) is 9.69 Å². The molecule has 2 aliphatic heterocycles. The van der Waals surface area contributed by atoms with Crippen molar-refractivity contribution in [3.05, 3.63) is 28.8 Å². The molecule has 0 unspecified atom stereocenters. The van der Waals surface area contributed by atoms with Crippen LogP contribution in [0.25, 0.3) is 0 Å². The molecule has 0 bridgehead atoms. The summed E-state index contributed by atoms with van der Waals surface area (Å²) in [5, 5.41) is 3.63. The molecular formula is C17H23ClN2O3. The zero-order valence-corrected chi connectivity index (χ0v) is 14.1. The van der Waals surface area contributed by atoms with Gasteiger partial charge in [-0.25, -0.2) is 0 Å².